The lowest BCUT2D eigenvalue weighted by Crippen LogP contribution is -2.14. The lowest BCUT2D eigenvalue weighted by molar-refractivity contribution is 0.0696. The van der Waals surface area contributed by atoms with Crippen molar-refractivity contribution in [3.63, 3.8) is 0 Å². The minimum Gasteiger partial charge on any atom is -0.478 e. The van der Waals surface area contributed by atoms with Gasteiger partial charge in [0.25, 0.3) is 5.91 Å². The summed E-state index contributed by atoms with van der Waals surface area (Å²) in [6.07, 6.45) is 2.60. The van der Waals surface area contributed by atoms with Crippen molar-refractivity contribution in [3.8, 4) is 0 Å². The van der Waals surface area contributed by atoms with Gasteiger partial charge in [-0.05, 0) is 36.8 Å². The molecule has 1 aromatic carbocycles. The number of carbonyl (C=O) groups is 2. The second-order valence-corrected chi connectivity index (χ2v) is 4.62. The van der Waals surface area contributed by atoms with E-state index in [-0.39, 0.29) is 11.5 Å². The molecule has 2 N–H and O–H groups in total. The Labute approximate surface area is 120 Å². The van der Waals surface area contributed by atoms with E-state index in [1.165, 1.54) is 18.5 Å². The van der Waals surface area contributed by atoms with Gasteiger partial charge in [0, 0.05) is 16.8 Å². The average molecular weight is 291 g/mol. The normalized spacial score (nSPS) is 10.1. The molecule has 0 radical (unpaired) electrons. The van der Waals surface area contributed by atoms with Crippen LogP contribution >= 0.6 is 11.6 Å². The molecular weight excluding hydrogens is 280 g/mol. The van der Waals surface area contributed by atoms with E-state index < -0.39 is 5.97 Å². The van der Waals surface area contributed by atoms with Crippen molar-refractivity contribution in [3.05, 3.63) is 58.4 Å². The molecule has 0 spiro atoms. The number of amides is 1. The van der Waals surface area contributed by atoms with Gasteiger partial charge in [0.2, 0.25) is 0 Å². The first kappa shape index (κ1) is 14.0. The Morgan fingerprint density at radius 2 is 2.00 bits per heavy atom. The van der Waals surface area contributed by atoms with Gasteiger partial charge in [0.05, 0.1) is 17.4 Å². The van der Waals surface area contributed by atoms with Gasteiger partial charge in [-0.25, -0.2) is 4.79 Å². The van der Waals surface area contributed by atoms with Gasteiger partial charge in [-0.1, -0.05) is 11.6 Å². The third kappa shape index (κ3) is 3.13. The molecule has 102 valence electrons. The van der Waals surface area contributed by atoms with Gasteiger partial charge in [-0.2, -0.15) is 0 Å². The molecule has 1 amide bonds. The summed E-state index contributed by atoms with van der Waals surface area (Å²) >= 11 is 5.83. The monoisotopic (exact) mass is 290 g/mol. The van der Waals surface area contributed by atoms with E-state index in [9.17, 15) is 9.59 Å². The number of hydrogen-bond acceptors (Lipinski definition) is 3. The Balaban J connectivity index is 2.23. The number of carboxylic acids is 1. The average Bonchev–Trinajstić information content (AvgIpc) is 2.38. The number of aromatic nitrogens is 1. The maximum Gasteiger partial charge on any atom is 0.337 e. The lowest BCUT2D eigenvalue weighted by atomic mass is 10.1. The van der Waals surface area contributed by atoms with E-state index in [0.717, 1.165) is 5.56 Å². The molecule has 5 nitrogen and oxygen atoms in total. The smallest absolute Gasteiger partial charge is 0.337 e. The minimum absolute atomic E-state index is 0.00984. The van der Waals surface area contributed by atoms with Crippen molar-refractivity contribution < 1.29 is 14.7 Å². The van der Waals surface area contributed by atoms with Crippen LogP contribution in [-0.4, -0.2) is 22.0 Å². The van der Waals surface area contributed by atoms with Crippen molar-refractivity contribution in [2.24, 2.45) is 0 Å². The van der Waals surface area contributed by atoms with Crippen LogP contribution in [-0.2, 0) is 0 Å². The minimum atomic E-state index is -1.10. The molecule has 0 bridgehead atoms. The Kier molecular flexibility index (Phi) is 4.00. The zero-order valence-electron chi connectivity index (χ0n) is 10.6. The first-order valence-electron chi connectivity index (χ1n) is 5.73. The van der Waals surface area contributed by atoms with Crippen LogP contribution in [0.15, 0.2) is 36.7 Å². The van der Waals surface area contributed by atoms with Gasteiger partial charge < -0.3 is 10.4 Å². The van der Waals surface area contributed by atoms with E-state index in [2.05, 4.69) is 10.3 Å². The molecule has 0 fully saturated rings. The van der Waals surface area contributed by atoms with Crippen molar-refractivity contribution in [2.45, 2.75) is 6.92 Å². The molecule has 0 atom stereocenters. The highest BCUT2D eigenvalue weighted by Crippen LogP contribution is 2.17. The van der Waals surface area contributed by atoms with Crippen LogP contribution in [0.1, 0.15) is 26.3 Å². The predicted molar refractivity (Wildman–Crippen MR) is 75.3 cm³/mol. The molecule has 0 aliphatic carbocycles. The summed E-state index contributed by atoms with van der Waals surface area (Å²) in [4.78, 5) is 26.7. The number of carboxylic acid groups (broad SMARTS) is 1. The Hall–Kier alpha value is -2.40. The van der Waals surface area contributed by atoms with Gasteiger partial charge in [0.1, 0.15) is 0 Å². The van der Waals surface area contributed by atoms with Gasteiger partial charge >= 0.3 is 5.97 Å². The van der Waals surface area contributed by atoms with Crippen LogP contribution in [0.25, 0.3) is 0 Å². The van der Waals surface area contributed by atoms with Gasteiger partial charge in [-0.3, -0.25) is 9.78 Å². The number of benzene rings is 1. The molecule has 2 aromatic rings. The quantitative estimate of drug-likeness (QED) is 0.911. The van der Waals surface area contributed by atoms with E-state index in [1.54, 1.807) is 25.1 Å². The SMILES string of the molecule is Cc1cc(Cl)ccc1C(=O)Nc1cncc(C(=O)O)c1. The van der Waals surface area contributed by atoms with Crippen LogP contribution in [0, 0.1) is 6.92 Å². The molecule has 0 saturated carbocycles. The summed E-state index contributed by atoms with van der Waals surface area (Å²) in [6.45, 7) is 1.77. The van der Waals surface area contributed by atoms with Crippen LogP contribution in [0.5, 0.6) is 0 Å². The van der Waals surface area contributed by atoms with E-state index in [1.807, 2.05) is 0 Å². The lowest BCUT2D eigenvalue weighted by Gasteiger charge is -2.08. The number of anilines is 1. The number of carbonyl (C=O) groups excluding carboxylic acids is 1. The fourth-order valence-electron chi connectivity index (χ4n) is 1.71. The summed E-state index contributed by atoms with van der Waals surface area (Å²) in [5.74, 6) is -1.44. The zero-order chi connectivity index (χ0) is 14.7. The Bertz CT molecular complexity index is 686. The number of aromatic carboxylic acids is 1. The maximum absolute atomic E-state index is 12.1. The maximum atomic E-state index is 12.1. The molecule has 0 unspecified atom stereocenters. The van der Waals surface area contributed by atoms with Crippen LogP contribution in [0.2, 0.25) is 5.02 Å². The highest BCUT2D eigenvalue weighted by atomic mass is 35.5. The number of pyridine rings is 1. The molecule has 6 heteroatoms. The number of aryl methyl sites for hydroxylation is 1. The number of rotatable bonds is 3. The third-order valence-corrected chi connectivity index (χ3v) is 2.91. The van der Waals surface area contributed by atoms with Crippen LogP contribution in [0.3, 0.4) is 0 Å². The second-order valence-electron chi connectivity index (χ2n) is 4.18. The third-order valence-electron chi connectivity index (χ3n) is 2.68. The predicted octanol–water partition coefficient (Wildman–Crippen LogP) is 2.99. The highest BCUT2D eigenvalue weighted by Gasteiger charge is 2.11. The second kappa shape index (κ2) is 5.71. The first-order chi connectivity index (χ1) is 9.47. The summed E-state index contributed by atoms with van der Waals surface area (Å²) in [5.41, 5.74) is 1.53. The fraction of sp³-hybridized carbons (Fsp3) is 0.0714. The largest absolute Gasteiger partial charge is 0.478 e. The summed E-state index contributed by atoms with van der Waals surface area (Å²) in [7, 11) is 0. The van der Waals surface area contributed by atoms with E-state index >= 15 is 0 Å². The topological polar surface area (TPSA) is 79.3 Å². The Morgan fingerprint density at radius 3 is 2.65 bits per heavy atom. The molecule has 20 heavy (non-hydrogen) atoms. The molecule has 0 aliphatic heterocycles. The molecular formula is C14H11ClN2O3. The van der Waals surface area contributed by atoms with E-state index in [4.69, 9.17) is 16.7 Å². The van der Waals surface area contributed by atoms with Crippen LogP contribution < -0.4 is 5.32 Å². The standard InChI is InChI=1S/C14H11ClN2O3/c1-8-4-10(15)2-3-12(8)13(18)17-11-5-9(14(19)20)6-16-7-11/h2-7H,1H3,(H,17,18)(H,19,20). The number of nitrogens with zero attached hydrogens (tertiary/aromatic N) is 1. The summed E-state index contributed by atoms with van der Waals surface area (Å²) in [5, 5.41) is 12.0. The van der Waals surface area contributed by atoms with Crippen molar-refractivity contribution in [1.82, 2.24) is 4.98 Å². The van der Waals surface area contributed by atoms with Crippen molar-refractivity contribution in [1.29, 1.82) is 0 Å². The van der Waals surface area contributed by atoms with E-state index in [0.29, 0.717) is 16.3 Å². The summed E-state index contributed by atoms with van der Waals surface area (Å²) in [6, 6.07) is 6.26. The van der Waals surface area contributed by atoms with Crippen LogP contribution in [0.4, 0.5) is 5.69 Å². The highest BCUT2D eigenvalue weighted by molar-refractivity contribution is 6.30. The van der Waals surface area contributed by atoms with Gasteiger partial charge in [-0.15, -0.1) is 0 Å². The first-order valence-corrected chi connectivity index (χ1v) is 6.11. The van der Waals surface area contributed by atoms with Crippen molar-refractivity contribution >= 4 is 29.2 Å². The van der Waals surface area contributed by atoms with Crippen molar-refractivity contribution in [2.75, 3.05) is 5.32 Å². The number of nitrogens with one attached hydrogen (secondary N) is 1. The molecule has 1 aromatic heterocycles. The molecule has 2 rings (SSSR count). The number of hydrogen-bond donors (Lipinski definition) is 2. The molecule has 0 aliphatic rings. The molecule has 0 saturated heterocycles. The van der Waals surface area contributed by atoms with Gasteiger partial charge in [0.15, 0.2) is 0 Å². The number of halogens is 1. The zero-order valence-corrected chi connectivity index (χ0v) is 11.3. The fourth-order valence-corrected chi connectivity index (χ4v) is 1.93. The molecule has 1 heterocycles. The summed E-state index contributed by atoms with van der Waals surface area (Å²) < 4.78 is 0. The Morgan fingerprint density at radius 1 is 1.25 bits per heavy atom.